The van der Waals surface area contributed by atoms with Gasteiger partial charge in [-0.2, -0.15) is 0 Å². The van der Waals surface area contributed by atoms with Gasteiger partial charge in [0.15, 0.2) is 0 Å². The van der Waals surface area contributed by atoms with Crippen molar-refractivity contribution >= 4 is 27.3 Å². The van der Waals surface area contributed by atoms with Crippen LogP contribution in [-0.2, 0) is 10.0 Å². The van der Waals surface area contributed by atoms with Crippen molar-refractivity contribution < 1.29 is 17.5 Å². The van der Waals surface area contributed by atoms with E-state index in [2.05, 4.69) is 9.62 Å². The van der Waals surface area contributed by atoms with Crippen molar-refractivity contribution in [3.05, 3.63) is 53.3 Å². The van der Waals surface area contributed by atoms with E-state index >= 15 is 0 Å². The van der Waals surface area contributed by atoms with Gasteiger partial charge in [-0.1, -0.05) is 11.6 Å². The maximum absolute atomic E-state index is 13.0. The van der Waals surface area contributed by atoms with Gasteiger partial charge in [0.2, 0.25) is 0 Å². The third-order valence-corrected chi connectivity index (χ3v) is 5.66. The number of sulfonamides is 1. The first kappa shape index (κ1) is 18.0. The third-order valence-electron chi connectivity index (χ3n) is 3.95. The molecule has 3 rings (SSSR count). The zero-order chi connectivity index (χ0) is 18.0. The molecule has 0 bridgehead atoms. The zero-order valence-electron chi connectivity index (χ0n) is 13.6. The summed E-state index contributed by atoms with van der Waals surface area (Å²) in [5.41, 5.74) is 0.329. The van der Waals surface area contributed by atoms with Crippen LogP contribution in [0, 0.1) is 5.82 Å². The van der Waals surface area contributed by atoms with E-state index in [4.69, 9.17) is 16.3 Å². The number of nitrogens with one attached hydrogen (secondary N) is 1. The lowest BCUT2D eigenvalue weighted by atomic mass is 10.3. The van der Waals surface area contributed by atoms with Crippen molar-refractivity contribution in [2.24, 2.45) is 0 Å². The third kappa shape index (κ3) is 4.42. The van der Waals surface area contributed by atoms with Gasteiger partial charge in [0.05, 0.1) is 15.6 Å². The van der Waals surface area contributed by atoms with E-state index < -0.39 is 15.8 Å². The first-order chi connectivity index (χ1) is 11.8. The maximum atomic E-state index is 13.0. The summed E-state index contributed by atoms with van der Waals surface area (Å²) < 4.78 is 46.1. The molecule has 1 saturated heterocycles. The zero-order valence-corrected chi connectivity index (χ0v) is 15.1. The Morgan fingerprint density at radius 1 is 1.24 bits per heavy atom. The summed E-state index contributed by atoms with van der Waals surface area (Å²) in [6, 6.07) is 9.30. The molecule has 2 aromatic rings. The highest BCUT2D eigenvalue weighted by Crippen LogP contribution is 2.31. The number of benzene rings is 2. The van der Waals surface area contributed by atoms with E-state index in [-0.39, 0.29) is 11.0 Å². The van der Waals surface area contributed by atoms with Gasteiger partial charge in [-0.05, 0) is 49.9 Å². The standard InChI is InChI=1S/C17H18ClFN2O3S/c1-21-9-8-14(11-21)24-17-10-13(4-7-16(17)18)20-25(22,23)15-5-2-12(19)3-6-15/h2-7,10,14,20H,8-9,11H2,1H3/t14-/m1/s1. The molecule has 8 heteroatoms. The molecule has 1 N–H and O–H groups in total. The molecule has 0 radical (unpaired) electrons. The Morgan fingerprint density at radius 3 is 2.60 bits per heavy atom. The lowest BCUT2D eigenvalue weighted by Gasteiger charge is -2.16. The number of rotatable bonds is 5. The Labute approximate surface area is 151 Å². The van der Waals surface area contributed by atoms with E-state index in [9.17, 15) is 12.8 Å². The smallest absolute Gasteiger partial charge is 0.261 e. The number of hydrogen-bond donors (Lipinski definition) is 1. The van der Waals surface area contributed by atoms with Gasteiger partial charge in [-0.25, -0.2) is 12.8 Å². The summed E-state index contributed by atoms with van der Waals surface area (Å²) in [5.74, 6) is -0.0658. The minimum absolute atomic E-state index is 0.0199. The largest absolute Gasteiger partial charge is 0.487 e. The summed E-state index contributed by atoms with van der Waals surface area (Å²) in [6.45, 7) is 1.74. The molecule has 1 fully saturated rings. The van der Waals surface area contributed by atoms with Crippen molar-refractivity contribution in [3.63, 3.8) is 0 Å². The fourth-order valence-electron chi connectivity index (χ4n) is 2.66. The minimum Gasteiger partial charge on any atom is -0.487 e. The van der Waals surface area contributed by atoms with Crippen LogP contribution in [0.3, 0.4) is 0 Å². The molecule has 1 atom stereocenters. The average Bonchev–Trinajstić information content (AvgIpc) is 2.96. The summed E-state index contributed by atoms with van der Waals surface area (Å²) in [6.07, 6.45) is 0.907. The second kappa shape index (κ2) is 7.19. The quantitative estimate of drug-likeness (QED) is 0.858. The molecule has 0 unspecified atom stereocenters. The molecule has 0 saturated carbocycles. The number of anilines is 1. The summed E-state index contributed by atoms with van der Waals surface area (Å²) in [4.78, 5) is 2.13. The van der Waals surface area contributed by atoms with Crippen molar-refractivity contribution in [1.29, 1.82) is 0 Å². The fraction of sp³-hybridized carbons (Fsp3) is 0.294. The highest BCUT2D eigenvalue weighted by atomic mass is 35.5. The Kier molecular flexibility index (Phi) is 5.17. The number of ether oxygens (including phenoxy) is 1. The summed E-state index contributed by atoms with van der Waals surface area (Å²) >= 11 is 6.16. The molecule has 134 valence electrons. The van der Waals surface area contributed by atoms with Crippen molar-refractivity contribution in [2.45, 2.75) is 17.4 Å². The van der Waals surface area contributed by atoms with Gasteiger partial charge in [-0.15, -0.1) is 0 Å². The van der Waals surface area contributed by atoms with Gasteiger partial charge in [0.25, 0.3) is 10.0 Å². The Balaban J connectivity index is 1.78. The number of nitrogens with zero attached hydrogens (tertiary/aromatic N) is 1. The SMILES string of the molecule is CN1CC[C@@H](Oc2cc(NS(=O)(=O)c3ccc(F)cc3)ccc2Cl)C1. The second-order valence-corrected chi connectivity index (χ2v) is 8.09. The number of likely N-dealkylation sites (tertiary alicyclic amines) is 1. The lowest BCUT2D eigenvalue weighted by Crippen LogP contribution is -2.21. The van der Waals surface area contributed by atoms with Gasteiger partial charge in [0, 0.05) is 19.2 Å². The van der Waals surface area contributed by atoms with Crippen molar-refractivity contribution in [3.8, 4) is 5.75 Å². The van der Waals surface area contributed by atoms with Gasteiger partial charge < -0.3 is 9.64 Å². The molecular formula is C17H18ClFN2O3S. The molecule has 0 aliphatic carbocycles. The topological polar surface area (TPSA) is 58.6 Å². The predicted octanol–water partition coefficient (Wildman–Crippen LogP) is 3.36. The van der Waals surface area contributed by atoms with Crippen LogP contribution in [0.25, 0.3) is 0 Å². The predicted molar refractivity (Wildman–Crippen MR) is 95.2 cm³/mol. The van der Waals surface area contributed by atoms with Crippen LogP contribution in [0.5, 0.6) is 5.75 Å². The van der Waals surface area contributed by atoms with Crippen LogP contribution in [0.15, 0.2) is 47.4 Å². The maximum Gasteiger partial charge on any atom is 0.261 e. The monoisotopic (exact) mass is 384 g/mol. The van der Waals surface area contributed by atoms with Crippen LogP contribution in [0.2, 0.25) is 5.02 Å². The molecular weight excluding hydrogens is 367 g/mol. The molecule has 1 heterocycles. The Morgan fingerprint density at radius 2 is 1.96 bits per heavy atom. The van der Waals surface area contributed by atoms with Crippen molar-refractivity contribution in [2.75, 3.05) is 24.9 Å². The number of hydrogen-bond acceptors (Lipinski definition) is 4. The molecule has 5 nitrogen and oxygen atoms in total. The minimum atomic E-state index is -3.82. The Bertz CT molecular complexity index is 859. The normalized spacial score (nSPS) is 18.3. The molecule has 0 aromatic heterocycles. The number of likely N-dealkylation sites (N-methyl/N-ethyl adjacent to an activating group) is 1. The first-order valence-corrected chi connectivity index (χ1v) is 9.63. The van der Waals surface area contributed by atoms with Crippen LogP contribution >= 0.6 is 11.6 Å². The molecule has 1 aliphatic heterocycles. The second-order valence-electron chi connectivity index (χ2n) is 6.00. The van der Waals surface area contributed by atoms with Crippen LogP contribution in [0.1, 0.15) is 6.42 Å². The fourth-order valence-corrected chi connectivity index (χ4v) is 3.87. The number of halogens is 2. The van der Waals surface area contributed by atoms with E-state index in [1.165, 1.54) is 12.1 Å². The van der Waals surface area contributed by atoms with Crippen LogP contribution in [-0.4, -0.2) is 39.6 Å². The summed E-state index contributed by atoms with van der Waals surface area (Å²) in [7, 11) is -1.81. The van der Waals surface area contributed by atoms with Crippen LogP contribution in [0.4, 0.5) is 10.1 Å². The van der Waals surface area contributed by atoms with E-state index in [0.29, 0.717) is 16.5 Å². The van der Waals surface area contributed by atoms with Crippen molar-refractivity contribution in [1.82, 2.24) is 4.90 Å². The molecule has 25 heavy (non-hydrogen) atoms. The molecule has 2 aromatic carbocycles. The van der Waals surface area contributed by atoms with Gasteiger partial charge in [0.1, 0.15) is 17.7 Å². The van der Waals surface area contributed by atoms with Gasteiger partial charge >= 0.3 is 0 Å². The Hall–Kier alpha value is -1.83. The van der Waals surface area contributed by atoms with Gasteiger partial charge in [-0.3, -0.25) is 4.72 Å². The van der Waals surface area contributed by atoms with E-state index in [0.717, 1.165) is 31.6 Å². The van der Waals surface area contributed by atoms with E-state index in [1.54, 1.807) is 18.2 Å². The lowest BCUT2D eigenvalue weighted by molar-refractivity contribution is 0.208. The highest BCUT2D eigenvalue weighted by molar-refractivity contribution is 7.92. The molecule has 0 amide bonds. The molecule has 0 spiro atoms. The first-order valence-electron chi connectivity index (χ1n) is 7.76. The average molecular weight is 385 g/mol. The van der Waals surface area contributed by atoms with E-state index in [1.807, 2.05) is 7.05 Å². The molecule has 1 aliphatic rings. The highest BCUT2D eigenvalue weighted by Gasteiger charge is 2.22. The summed E-state index contributed by atoms with van der Waals surface area (Å²) in [5, 5.41) is 0.416. The van der Waals surface area contributed by atoms with Crippen LogP contribution < -0.4 is 9.46 Å².